The Morgan fingerprint density at radius 3 is 2.46 bits per heavy atom. The lowest BCUT2D eigenvalue weighted by Crippen LogP contribution is -2.27. The minimum Gasteiger partial charge on any atom is -0.342 e. The number of amides is 1. The van der Waals surface area contributed by atoms with E-state index in [1.54, 1.807) is 22.1 Å². The summed E-state index contributed by atoms with van der Waals surface area (Å²) in [5.41, 5.74) is 4.23. The first-order chi connectivity index (χ1) is 13.6. The maximum Gasteiger partial charge on any atom is 0.272 e. The normalized spacial score (nSPS) is 11.9. The third kappa shape index (κ3) is 3.73. The average molecular weight is 388 g/mol. The summed E-state index contributed by atoms with van der Waals surface area (Å²) in [4.78, 5) is 17.4. The molecule has 0 fully saturated rings. The fourth-order valence-corrected chi connectivity index (χ4v) is 3.81. The van der Waals surface area contributed by atoms with Crippen LogP contribution >= 0.6 is 11.3 Å². The molecule has 0 aliphatic heterocycles. The maximum absolute atomic E-state index is 12.7. The molecule has 140 valence electrons. The van der Waals surface area contributed by atoms with Gasteiger partial charge in [0.1, 0.15) is 5.01 Å². The number of carbonyl (C=O) groups excluding carboxylic acids is 1. The van der Waals surface area contributed by atoms with Crippen molar-refractivity contribution in [1.29, 1.82) is 0 Å². The van der Waals surface area contributed by atoms with Crippen LogP contribution in [0.2, 0.25) is 0 Å². The Labute approximate surface area is 167 Å². The van der Waals surface area contributed by atoms with Gasteiger partial charge >= 0.3 is 0 Å². The number of aryl methyl sites for hydroxylation is 1. The van der Waals surface area contributed by atoms with Gasteiger partial charge in [-0.3, -0.25) is 4.79 Å². The van der Waals surface area contributed by atoms with Crippen LogP contribution in [-0.2, 0) is 0 Å². The minimum atomic E-state index is -0.207. The second-order valence-corrected chi connectivity index (χ2v) is 7.44. The van der Waals surface area contributed by atoms with Gasteiger partial charge in [0.05, 0.1) is 17.4 Å². The molecule has 1 N–H and O–H groups in total. The molecule has 0 bridgehead atoms. The smallest absolute Gasteiger partial charge is 0.272 e. The molecule has 4 rings (SSSR count). The van der Waals surface area contributed by atoms with Crippen molar-refractivity contribution in [3.05, 3.63) is 88.5 Å². The highest BCUT2D eigenvalue weighted by Crippen LogP contribution is 2.25. The molecule has 0 spiro atoms. The zero-order valence-electron chi connectivity index (χ0n) is 15.7. The van der Waals surface area contributed by atoms with E-state index in [1.807, 2.05) is 79.9 Å². The Morgan fingerprint density at radius 1 is 1.07 bits per heavy atom. The van der Waals surface area contributed by atoms with Crippen molar-refractivity contribution in [3.63, 3.8) is 0 Å². The van der Waals surface area contributed by atoms with Crippen molar-refractivity contribution < 1.29 is 4.79 Å². The molecule has 1 unspecified atom stereocenters. The van der Waals surface area contributed by atoms with Crippen molar-refractivity contribution in [2.45, 2.75) is 19.9 Å². The molecule has 1 amide bonds. The number of carbonyl (C=O) groups is 1. The summed E-state index contributed by atoms with van der Waals surface area (Å²) < 4.78 is 1.77. The summed E-state index contributed by atoms with van der Waals surface area (Å²) in [5.74, 6) is -0.207. The number of para-hydroxylation sites is 1. The van der Waals surface area contributed by atoms with Gasteiger partial charge in [-0.05, 0) is 32.0 Å². The molecule has 0 aliphatic carbocycles. The molecule has 4 aromatic rings. The van der Waals surface area contributed by atoms with Crippen LogP contribution in [0.3, 0.4) is 0 Å². The van der Waals surface area contributed by atoms with Gasteiger partial charge in [-0.1, -0.05) is 48.5 Å². The molecule has 0 saturated carbocycles. The van der Waals surface area contributed by atoms with Gasteiger partial charge in [0.25, 0.3) is 5.91 Å². The molecule has 2 heterocycles. The largest absolute Gasteiger partial charge is 0.342 e. The van der Waals surface area contributed by atoms with E-state index in [1.165, 1.54) is 0 Å². The molecule has 0 aliphatic rings. The molecular weight excluding hydrogens is 368 g/mol. The topological polar surface area (TPSA) is 59.8 Å². The van der Waals surface area contributed by atoms with Crippen molar-refractivity contribution in [2.24, 2.45) is 0 Å². The van der Waals surface area contributed by atoms with E-state index in [4.69, 9.17) is 0 Å². The Kier molecular flexibility index (Phi) is 5.04. The highest BCUT2D eigenvalue weighted by Gasteiger charge is 2.18. The van der Waals surface area contributed by atoms with Crippen LogP contribution in [0.5, 0.6) is 0 Å². The van der Waals surface area contributed by atoms with Crippen LogP contribution in [0, 0.1) is 6.92 Å². The number of benzene rings is 2. The molecule has 0 radical (unpaired) electrons. The standard InChI is InChI=1S/C22H20N4OS/c1-15-13-19(25-26(15)18-11-7-4-8-12-18)21(27)23-16(2)22-24-20(14-28-22)17-9-5-3-6-10-17/h3-14,16H,1-2H3,(H,23,27). The van der Waals surface area contributed by atoms with Crippen molar-refractivity contribution in [2.75, 3.05) is 0 Å². The Morgan fingerprint density at radius 2 is 1.75 bits per heavy atom. The van der Waals surface area contributed by atoms with E-state index in [9.17, 15) is 4.79 Å². The average Bonchev–Trinajstić information content (AvgIpc) is 3.37. The molecule has 28 heavy (non-hydrogen) atoms. The zero-order chi connectivity index (χ0) is 19.5. The predicted molar refractivity (Wildman–Crippen MR) is 112 cm³/mol. The third-order valence-electron chi connectivity index (χ3n) is 4.43. The van der Waals surface area contributed by atoms with E-state index < -0.39 is 0 Å². The lowest BCUT2D eigenvalue weighted by molar-refractivity contribution is 0.0934. The first-order valence-corrected chi connectivity index (χ1v) is 9.93. The summed E-state index contributed by atoms with van der Waals surface area (Å²) in [6.45, 7) is 3.87. The molecule has 6 heteroatoms. The maximum atomic E-state index is 12.7. The lowest BCUT2D eigenvalue weighted by Gasteiger charge is -2.09. The Bertz CT molecular complexity index is 1090. The van der Waals surface area contributed by atoms with Crippen LogP contribution in [-0.4, -0.2) is 20.7 Å². The number of nitrogens with zero attached hydrogens (tertiary/aromatic N) is 3. The second kappa shape index (κ2) is 7.78. The summed E-state index contributed by atoms with van der Waals surface area (Å²) in [6.07, 6.45) is 0. The summed E-state index contributed by atoms with van der Waals surface area (Å²) in [5, 5.41) is 10.4. The van der Waals surface area contributed by atoms with Gasteiger partial charge in [0, 0.05) is 16.6 Å². The highest BCUT2D eigenvalue weighted by molar-refractivity contribution is 7.10. The summed E-state index contributed by atoms with van der Waals surface area (Å²) in [7, 11) is 0. The van der Waals surface area contributed by atoms with E-state index in [0.717, 1.165) is 27.6 Å². The third-order valence-corrected chi connectivity index (χ3v) is 5.46. The van der Waals surface area contributed by atoms with Crippen molar-refractivity contribution >= 4 is 17.2 Å². The molecule has 5 nitrogen and oxygen atoms in total. The fraction of sp³-hybridized carbons (Fsp3) is 0.136. The SMILES string of the molecule is Cc1cc(C(=O)NC(C)c2nc(-c3ccccc3)cs2)nn1-c1ccccc1. The van der Waals surface area contributed by atoms with E-state index in [0.29, 0.717) is 5.69 Å². The Balaban J connectivity index is 1.49. The summed E-state index contributed by atoms with van der Waals surface area (Å²) in [6, 6.07) is 21.4. The van der Waals surface area contributed by atoms with E-state index in [-0.39, 0.29) is 11.9 Å². The van der Waals surface area contributed by atoms with Crippen LogP contribution in [0.4, 0.5) is 0 Å². The highest BCUT2D eigenvalue weighted by atomic mass is 32.1. The predicted octanol–water partition coefficient (Wildman–Crippen LogP) is 4.80. The van der Waals surface area contributed by atoms with Crippen LogP contribution < -0.4 is 5.32 Å². The molecule has 2 aromatic heterocycles. The number of rotatable bonds is 5. The number of thiazole rings is 1. The van der Waals surface area contributed by atoms with Gasteiger partial charge in [-0.15, -0.1) is 11.3 Å². The number of hydrogen-bond acceptors (Lipinski definition) is 4. The van der Waals surface area contributed by atoms with Crippen molar-refractivity contribution in [1.82, 2.24) is 20.1 Å². The van der Waals surface area contributed by atoms with Gasteiger partial charge in [-0.2, -0.15) is 5.10 Å². The number of aromatic nitrogens is 3. The monoisotopic (exact) mass is 388 g/mol. The van der Waals surface area contributed by atoms with Crippen LogP contribution in [0.1, 0.15) is 34.2 Å². The fourth-order valence-electron chi connectivity index (χ4n) is 2.98. The number of nitrogens with one attached hydrogen (secondary N) is 1. The molecule has 0 saturated heterocycles. The second-order valence-electron chi connectivity index (χ2n) is 6.55. The first-order valence-electron chi connectivity index (χ1n) is 9.05. The quantitative estimate of drug-likeness (QED) is 0.534. The summed E-state index contributed by atoms with van der Waals surface area (Å²) >= 11 is 1.54. The first kappa shape index (κ1) is 18.1. The Hall–Kier alpha value is -3.25. The zero-order valence-corrected chi connectivity index (χ0v) is 16.5. The van der Waals surface area contributed by atoms with Gasteiger partial charge in [0.2, 0.25) is 0 Å². The lowest BCUT2D eigenvalue weighted by atomic mass is 10.2. The molecule has 1 atom stereocenters. The van der Waals surface area contributed by atoms with Crippen LogP contribution in [0.15, 0.2) is 72.1 Å². The minimum absolute atomic E-state index is 0.197. The van der Waals surface area contributed by atoms with Gasteiger partial charge in [-0.25, -0.2) is 9.67 Å². The van der Waals surface area contributed by atoms with Crippen molar-refractivity contribution in [3.8, 4) is 16.9 Å². The van der Waals surface area contributed by atoms with Crippen LogP contribution in [0.25, 0.3) is 16.9 Å². The van der Waals surface area contributed by atoms with Gasteiger partial charge in [0.15, 0.2) is 5.69 Å². The van der Waals surface area contributed by atoms with E-state index >= 15 is 0 Å². The van der Waals surface area contributed by atoms with Gasteiger partial charge < -0.3 is 5.32 Å². The van der Waals surface area contributed by atoms with E-state index in [2.05, 4.69) is 15.4 Å². The number of hydrogen-bond donors (Lipinski definition) is 1. The molecule has 2 aromatic carbocycles. The molecular formula is C22H20N4OS.